The number of benzene rings is 1. The van der Waals surface area contributed by atoms with Crippen molar-refractivity contribution in [1.29, 1.82) is 0 Å². The van der Waals surface area contributed by atoms with E-state index < -0.39 is 10.0 Å². The summed E-state index contributed by atoms with van der Waals surface area (Å²) in [4.78, 5) is 25.5. The first-order chi connectivity index (χ1) is 11.3. The second-order valence-corrected chi connectivity index (χ2v) is 8.81. The minimum Gasteiger partial charge on any atom is -0.339 e. The Balaban J connectivity index is 2.12. The lowest BCUT2D eigenvalue weighted by Crippen LogP contribution is -2.52. The van der Waals surface area contributed by atoms with E-state index in [0.29, 0.717) is 18.7 Å². The third-order valence-corrected chi connectivity index (χ3v) is 6.93. The van der Waals surface area contributed by atoms with Crippen LogP contribution in [0.1, 0.15) is 24.2 Å². The van der Waals surface area contributed by atoms with Crippen LogP contribution < -0.4 is 0 Å². The molecule has 0 bridgehead atoms. The van der Waals surface area contributed by atoms with Crippen LogP contribution in [-0.2, 0) is 14.8 Å². The maximum Gasteiger partial charge on any atom is 0.243 e. The van der Waals surface area contributed by atoms with Gasteiger partial charge in [0, 0.05) is 31.7 Å². The third kappa shape index (κ3) is 3.99. The summed E-state index contributed by atoms with van der Waals surface area (Å²) in [5.41, 5.74) is 0.374. The first kappa shape index (κ1) is 19.0. The van der Waals surface area contributed by atoms with Crippen molar-refractivity contribution in [2.24, 2.45) is 0 Å². The Kier molecular flexibility index (Phi) is 6.06. The van der Waals surface area contributed by atoms with Gasteiger partial charge in [-0.2, -0.15) is 16.1 Å². The van der Waals surface area contributed by atoms with Gasteiger partial charge in [-0.25, -0.2) is 8.42 Å². The molecule has 0 aliphatic carbocycles. The molecule has 0 radical (unpaired) electrons. The van der Waals surface area contributed by atoms with Crippen molar-refractivity contribution in [2.75, 3.05) is 32.4 Å². The molecule has 24 heavy (non-hydrogen) atoms. The molecule has 1 heterocycles. The van der Waals surface area contributed by atoms with Crippen LogP contribution in [0.3, 0.4) is 0 Å². The van der Waals surface area contributed by atoms with Crippen LogP contribution in [0.4, 0.5) is 0 Å². The summed E-state index contributed by atoms with van der Waals surface area (Å²) in [5.74, 6) is -0.133. The normalized spacial score (nSPS) is 17.5. The van der Waals surface area contributed by atoms with E-state index in [0.717, 1.165) is 0 Å². The van der Waals surface area contributed by atoms with E-state index in [1.165, 1.54) is 35.1 Å². The van der Waals surface area contributed by atoms with Gasteiger partial charge in [-0.3, -0.25) is 9.59 Å². The Hall–Kier alpha value is -1.38. The number of ketones is 1. The molecule has 132 valence electrons. The predicted octanol–water partition coefficient (Wildman–Crippen LogP) is 1.47. The molecule has 0 unspecified atom stereocenters. The van der Waals surface area contributed by atoms with Crippen molar-refractivity contribution in [1.82, 2.24) is 9.21 Å². The summed E-state index contributed by atoms with van der Waals surface area (Å²) >= 11 is 1.48. The molecular formula is C16H22N2O4S2. The van der Waals surface area contributed by atoms with Gasteiger partial charge in [-0.15, -0.1) is 0 Å². The van der Waals surface area contributed by atoms with Gasteiger partial charge in [0.25, 0.3) is 0 Å². The van der Waals surface area contributed by atoms with E-state index in [1.54, 1.807) is 17.0 Å². The summed E-state index contributed by atoms with van der Waals surface area (Å²) in [7, 11) is -3.66. The van der Waals surface area contributed by atoms with Crippen molar-refractivity contribution in [3.8, 4) is 0 Å². The van der Waals surface area contributed by atoms with Gasteiger partial charge in [-0.05, 0) is 32.2 Å². The molecule has 0 spiro atoms. The molecule has 1 aliphatic heterocycles. The molecule has 6 nitrogen and oxygen atoms in total. The summed E-state index contributed by atoms with van der Waals surface area (Å²) in [5, 5.41) is -0.125. The SMILES string of the molecule is CS[C@@H](C)C(=O)N1CCN(S(=O)(=O)c2cccc(C(C)=O)c2)CC1. The minimum atomic E-state index is -3.66. The van der Waals surface area contributed by atoms with E-state index in [-0.39, 0.29) is 34.9 Å². The second-order valence-electron chi connectivity index (χ2n) is 5.69. The highest BCUT2D eigenvalue weighted by atomic mass is 32.2. The van der Waals surface area contributed by atoms with Gasteiger partial charge in [0.05, 0.1) is 10.1 Å². The monoisotopic (exact) mass is 370 g/mol. The highest BCUT2D eigenvalue weighted by Gasteiger charge is 2.31. The molecule has 2 rings (SSSR count). The van der Waals surface area contributed by atoms with Crippen molar-refractivity contribution in [2.45, 2.75) is 24.0 Å². The number of carbonyl (C=O) groups is 2. The maximum atomic E-state index is 12.7. The number of piperazine rings is 1. The zero-order chi connectivity index (χ0) is 17.9. The molecule has 1 fully saturated rings. The van der Waals surface area contributed by atoms with Gasteiger partial charge in [0.15, 0.2) is 5.78 Å². The van der Waals surface area contributed by atoms with Crippen LogP contribution in [0.5, 0.6) is 0 Å². The lowest BCUT2D eigenvalue weighted by atomic mass is 10.2. The average Bonchev–Trinajstić information content (AvgIpc) is 2.60. The quantitative estimate of drug-likeness (QED) is 0.734. The Labute approximate surface area is 147 Å². The van der Waals surface area contributed by atoms with Crippen LogP contribution in [-0.4, -0.2) is 67.0 Å². The lowest BCUT2D eigenvalue weighted by molar-refractivity contribution is -0.131. The largest absolute Gasteiger partial charge is 0.339 e. The molecule has 0 N–H and O–H groups in total. The maximum absolute atomic E-state index is 12.7. The lowest BCUT2D eigenvalue weighted by Gasteiger charge is -2.35. The topological polar surface area (TPSA) is 74.8 Å². The van der Waals surface area contributed by atoms with E-state index in [4.69, 9.17) is 0 Å². The smallest absolute Gasteiger partial charge is 0.243 e. The van der Waals surface area contributed by atoms with Gasteiger partial charge >= 0.3 is 0 Å². The predicted molar refractivity (Wildman–Crippen MR) is 94.8 cm³/mol. The van der Waals surface area contributed by atoms with Crippen molar-refractivity contribution in [3.05, 3.63) is 29.8 Å². The Morgan fingerprint density at radius 1 is 1.17 bits per heavy atom. The first-order valence-corrected chi connectivity index (χ1v) is 10.4. The van der Waals surface area contributed by atoms with Gasteiger partial charge in [0.1, 0.15) is 0 Å². The van der Waals surface area contributed by atoms with E-state index in [9.17, 15) is 18.0 Å². The zero-order valence-corrected chi connectivity index (χ0v) is 15.7. The number of hydrogen-bond donors (Lipinski definition) is 0. The number of Topliss-reactive ketones (excluding diaryl/α,β-unsaturated/α-hetero) is 1. The molecular weight excluding hydrogens is 348 g/mol. The number of carbonyl (C=O) groups excluding carboxylic acids is 2. The molecule has 1 atom stereocenters. The molecule has 1 aliphatic rings. The van der Waals surface area contributed by atoms with Crippen molar-refractivity contribution in [3.63, 3.8) is 0 Å². The Morgan fingerprint density at radius 2 is 1.79 bits per heavy atom. The number of thioether (sulfide) groups is 1. The number of nitrogens with zero attached hydrogens (tertiary/aromatic N) is 2. The van der Waals surface area contributed by atoms with Crippen LogP contribution in [0.25, 0.3) is 0 Å². The molecule has 0 saturated carbocycles. The fourth-order valence-corrected chi connectivity index (χ4v) is 4.35. The number of amides is 1. The van der Waals surface area contributed by atoms with Crippen molar-refractivity contribution < 1.29 is 18.0 Å². The fourth-order valence-electron chi connectivity index (χ4n) is 2.53. The molecule has 1 amide bonds. The van der Waals surface area contributed by atoms with Crippen LogP contribution in [0.2, 0.25) is 0 Å². The van der Waals surface area contributed by atoms with Gasteiger partial charge in [0.2, 0.25) is 15.9 Å². The number of hydrogen-bond acceptors (Lipinski definition) is 5. The molecule has 1 saturated heterocycles. The first-order valence-electron chi connectivity index (χ1n) is 7.70. The van der Waals surface area contributed by atoms with Gasteiger partial charge < -0.3 is 4.90 Å². The number of rotatable bonds is 5. The van der Waals surface area contributed by atoms with E-state index in [1.807, 2.05) is 13.2 Å². The van der Waals surface area contributed by atoms with E-state index in [2.05, 4.69) is 0 Å². The second kappa shape index (κ2) is 7.67. The van der Waals surface area contributed by atoms with Crippen molar-refractivity contribution >= 4 is 33.5 Å². The highest BCUT2D eigenvalue weighted by molar-refractivity contribution is 7.99. The average molecular weight is 370 g/mol. The summed E-state index contributed by atoms with van der Waals surface area (Å²) in [6.07, 6.45) is 1.88. The van der Waals surface area contributed by atoms with Crippen LogP contribution in [0.15, 0.2) is 29.2 Å². The molecule has 8 heteroatoms. The number of sulfonamides is 1. The van der Waals surface area contributed by atoms with E-state index >= 15 is 0 Å². The summed E-state index contributed by atoms with van der Waals surface area (Å²) < 4.78 is 26.8. The molecule has 0 aromatic heterocycles. The zero-order valence-electron chi connectivity index (χ0n) is 14.1. The minimum absolute atomic E-state index is 0.0399. The van der Waals surface area contributed by atoms with Crippen LogP contribution >= 0.6 is 11.8 Å². The Bertz CT molecular complexity index is 725. The molecule has 1 aromatic rings. The fraction of sp³-hybridized carbons (Fsp3) is 0.500. The summed E-state index contributed by atoms with van der Waals surface area (Å²) in [6.45, 7) is 4.55. The standard InChI is InChI=1S/C16H22N2O4S2/c1-12(19)14-5-4-6-15(11-14)24(21,22)18-9-7-17(8-10-18)16(20)13(2)23-3/h4-6,11,13H,7-10H2,1-3H3/t13-/m0/s1. The third-order valence-electron chi connectivity index (χ3n) is 4.13. The Morgan fingerprint density at radius 3 is 2.33 bits per heavy atom. The highest BCUT2D eigenvalue weighted by Crippen LogP contribution is 2.20. The van der Waals surface area contributed by atoms with Gasteiger partial charge in [-0.1, -0.05) is 12.1 Å². The van der Waals surface area contributed by atoms with Crippen LogP contribution in [0, 0.1) is 0 Å². The molecule has 1 aromatic carbocycles. The summed E-state index contributed by atoms with van der Waals surface area (Å²) in [6, 6.07) is 6.07.